The van der Waals surface area contributed by atoms with Gasteiger partial charge in [0.05, 0.1) is 4.92 Å². The number of carbonyl (C=O) groups excluding carboxylic acids is 3. The number of nitro benzene ring substituents is 1. The van der Waals surface area contributed by atoms with Crippen molar-refractivity contribution in [2.45, 2.75) is 19.8 Å². The minimum absolute atomic E-state index is 0.0558. The Bertz CT molecular complexity index is 947. The summed E-state index contributed by atoms with van der Waals surface area (Å²) in [6.07, 6.45) is 1.18. The van der Waals surface area contributed by atoms with E-state index in [1.165, 1.54) is 12.1 Å². The van der Waals surface area contributed by atoms with E-state index in [2.05, 4.69) is 16.0 Å². The minimum atomic E-state index is -0.667. The van der Waals surface area contributed by atoms with Crippen molar-refractivity contribution in [3.05, 3.63) is 68.7 Å². The second-order valence-corrected chi connectivity index (χ2v) is 6.72. The molecule has 3 N–H and O–H groups in total. The quantitative estimate of drug-likeness (QED) is 0.318. The molecule has 0 radical (unpaired) electrons. The van der Waals surface area contributed by atoms with Gasteiger partial charge in [0.15, 0.2) is 0 Å². The predicted octanol–water partition coefficient (Wildman–Crippen LogP) is 3.15. The van der Waals surface area contributed by atoms with Crippen LogP contribution in [-0.2, 0) is 4.79 Å². The largest absolute Gasteiger partial charge is 0.350 e. The second kappa shape index (κ2) is 10.9. The Morgan fingerprint density at radius 1 is 0.967 bits per heavy atom. The SMILES string of the molecule is CCCC(=O)Nc1ccc(C(=O)NCCNC(=O)c2ccc(Cl)c([N+](=O)[O-])c2)cc1. The molecule has 0 bridgehead atoms. The lowest BCUT2D eigenvalue weighted by Crippen LogP contribution is -2.34. The van der Waals surface area contributed by atoms with Crippen LogP contribution in [0.15, 0.2) is 42.5 Å². The Labute approximate surface area is 177 Å². The fourth-order valence-corrected chi connectivity index (χ4v) is 2.69. The molecule has 0 aromatic heterocycles. The Morgan fingerprint density at radius 2 is 1.53 bits per heavy atom. The van der Waals surface area contributed by atoms with Crippen LogP contribution in [0.2, 0.25) is 5.02 Å². The number of rotatable bonds is 9. The molecular formula is C20H21ClN4O5. The highest BCUT2D eigenvalue weighted by molar-refractivity contribution is 6.32. The number of amides is 3. The molecule has 9 nitrogen and oxygen atoms in total. The first-order valence-electron chi connectivity index (χ1n) is 9.22. The van der Waals surface area contributed by atoms with Crippen LogP contribution in [0, 0.1) is 10.1 Å². The highest BCUT2D eigenvalue weighted by atomic mass is 35.5. The number of nitrogens with one attached hydrogen (secondary N) is 3. The molecule has 3 amide bonds. The summed E-state index contributed by atoms with van der Waals surface area (Å²) in [5, 5.41) is 18.8. The molecule has 0 unspecified atom stereocenters. The molecule has 0 atom stereocenters. The van der Waals surface area contributed by atoms with Crippen LogP contribution in [0.25, 0.3) is 0 Å². The Kier molecular flexibility index (Phi) is 8.30. The average Bonchev–Trinajstić information content (AvgIpc) is 2.71. The third-order valence-electron chi connectivity index (χ3n) is 4.01. The van der Waals surface area contributed by atoms with E-state index in [0.717, 1.165) is 12.5 Å². The number of halogens is 1. The van der Waals surface area contributed by atoms with Gasteiger partial charge >= 0.3 is 0 Å². The van der Waals surface area contributed by atoms with Crippen molar-refractivity contribution in [2.24, 2.45) is 0 Å². The summed E-state index contributed by atoms with van der Waals surface area (Å²) in [6.45, 7) is 2.20. The Morgan fingerprint density at radius 3 is 2.10 bits per heavy atom. The van der Waals surface area contributed by atoms with E-state index in [1.54, 1.807) is 24.3 Å². The van der Waals surface area contributed by atoms with Gasteiger partial charge in [-0.15, -0.1) is 0 Å². The highest BCUT2D eigenvalue weighted by Crippen LogP contribution is 2.24. The molecule has 0 aliphatic heterocycles. The van der Waals surface area contributed by atoms with Gasteiger partial charge in [-0.25, -0.2) is 0 Å². The summed E-state index contributed by atoms with van der Waals surface area (Å²) in [6, 6.07) is 10.2. The number of hydrogen-bond acceptors (Lipinski definition) is 5. The van der Waals surface area contributed by atoms with Crippen LogP contribution in [-0.4, -0.2) is 35.7 Å². The van der Waals surface area contributed by atoms with E-state index < -0.39 is 10.8 Å². The minimum Gasteiger partial charge on any atom is -0.350 e. The van der Waals surface area contributed by atoms with Gasteiger partial charge in [-0.2, -0.15) is 0 Å². The summed E-state index contributed by atoms with van der Waals surface area (Å²) < 4.78 is 0. The van der Waals surface area contributed by atoms with Crippen LogP contribution in [0.3, 0.4) is 0 Å². The lowest BCUT2D eigenvalue weighted by atomic mass is 10.2. The third-order valence-corrected chi connectivity index (χ3v) is 4.33. The number of hydrogen-bond donors (Lipinski definition) is 3. The monoisotopic (exact) mass is 432 g/mol. The predicted molar refractivity (Wildman–Crippen MR) is 113 cm³/mol. The molecule has 0 heterocycles. The summed E-state index contributed by atoms with van der Waals surface area (Å²) in [4.78, 5) is 46.0. The van der Waals surface area contributed by atoms with Gasteiger partial charge in [-0.1, -0.05) is 18.5 Å². The molecule has 0 aliphatic rings. The number of nitro groups is 1. The van der Waals surface area contributed by atoms with Crippen molar-refractivity contribution < 1.29 is 19.3 Å². The topological polar surface area (TPSA) is 130 Å². The van der Waals surface area contributed by atoms with Gasteiger partial charge < -0.3 is 16.0 Å². The summed E-state index contributed by atoms with van der Waals surface area (Å²) in [5.74, 6) is -0.939. The normalized spacial score (nSPS) is 10.2. The first-order chi connectivity index (χ1) is 14.3. The van der Waals surface area contributed by atoms with Crippen LogP contribution in [0.4, 0.5) is 11.4 Å². The maximum Gasteiger partial charge on any atom is 0.288 e. The van der Waals surface area contributed by atoms with E-state index in [9.17, 15) is 24.5 Å². The molecule has 2 aromatic carbocycles. The first kappa shape index (κ1) is 22.8. The molecule has 0 saturated heterocycles. The fraction of sp³-hybridized carbons (Fsp3) is 0.250. The molecule has 0 fully saturated rings. The molecule has 10 heteroatoms. The molecule has 158 valence electrons. The lowest BCUT2D eigenvalue weighted by Gasteiger charge is -2.09. The molecule has 2 aromatic rings. The van der Waals surface area contributed by atoms with Crippen LogP contribution >= 0.6 is 11.6 Å². The van der Waals surface area contributed by atoms with Crippen molar-refractivity contribution in [3.63, 3.8) is 0 Å². The highest BCUT2D eigenvalue weighted by Gasteiger charge is 2.16. The van der Waals surface area contributed by atoms with Crippen LogP contribution in [0.5, 0.6) is 0 Å². The Hall–Kier alpha value is -3.46. The van der Waals surface area contributed by atoms with Gasteiger partial charge in [-0.05, 0) is 42.8 Å². The van der Waals surface area contributed by atoms with Crippen molar-refractivity contribution in [2.75, 3.05) is 18.4 Å². The third kappa shape index (κ3) is 6.56. The molecule has 30 heavy (non-hydrogen) atoms. The average molecular weight is 433 g/mol. The van der Waals surface area contributed by atoms with E-state index in [0.29, 0.717) is 17.7 Å². The molecule has 0 aliphatic carbocycles. The zero-order chi connectivity index (χ0) is 22.1. The van der Waals surface area contributed by atoms with Crippen LogP contribution < -0.4 is 16.0 Å². The van der Waals surface area contributed by atoms with Gasteiger partial charge in [0, 0.05) is 42.4 Å². The fourth-order valence-electron chi connectivity index (χ4n) is 2.51. The maximum atomic E-state index is 12.2. The first-order valence-corrected chi connectivity index (χ1v) is 9.60. The summed E-state index contributed by atoms with van der Waals surface area (Å²) >= 11 is 5.72. The smallest absolute Gasteiger partial charge is 0.288 e. The van der Waals surface area contributed by atoms with Crippen molar-refractivity contribution in [3.8, 4) is 0 Å². The molecular weight excluding hydrogens is 412 g/mol. The molecule has 2 rings (SSSR count). The number of anilines is 1. The summed E-state index contributed by atoms with van der Waals surface area (Å²) in [7, 11) is 0. The van der Waals surface area contributed by atoms with E-state index in [4.69, 9.17) is 11.6 Å². The zero-order valence-corrected chi connectivity index (χ0v) is 17.0. The summed E-state index contributed by atoms with van der Waals surface area (Å²) in [5.41, 5.74) is 0.752. The number of carbonyl (C=O) groups is 3. The maximum absolute atomic E-state index is 12.2. The van der Waals surface area contributed by atoms with E-state index >= 15 is 0 Å². The van der Waals surface area contributed by atoms with E-state index in [-0.39, 0.29) is 41.2 Å². The van der Waals surface area contributed by atoms with Crippen molar-refractivity contribution >= 4 is 40.7 Å². The number of benzene rings is 2. The second-order valence-electron chi connectivity index (χ2n) is 6.31. The Balaban J connectivity index is 1.80. The standard InChI is InChI=1S/C20H21ClN4O5/c1-2-3-18(26)24-15-7-4-13(5-8-15)19(27)22-10-11-23-20(28)14-6-9-16(21)17(12-14)25(29)30/h4-9,12H,2-3,10-11H2,1H3,(H,22,27)(H,23,28)(H,24,26). The lowest BCUT2D eigenvalue weighted by molar-refractivity contribution is -0.384. The van der Waals surface area contributed by atoms with Gasteiger partial charge in [-0.3, -0.25) is 24.5 Å². The number of nitrogens with zero attached hydrogens (tertiary/aromatic N) is 1. The zero-order valence-electron chi connectivity index (χ0n) is 16.2. The van der Waals surface area contributed by atoms with Gasteiger partial charge in [0.2, 0.25) is 5.91 Å². The van der Waals surface area contributed by atoms with Crippen molar-refractivity contribution in [1.29, 1.82) is 0 Å². The molecule has 0 spiro atoms. The molecule has 0 saturated carbocycles. The van der Waals surface area contributed by atoms with Gasteiger partial charge in [0.1, 0.15) is 5.02 Å². The van der Waals surface area contributed by atoms with E-state index in [1.807, 2.05) is 6.92 Å². The van der Waals surface area contributed by atoms with Crippen LogP contribution in [0.1, 0.15) is 40.5 Å². The van der Waals surface area contributed by atoms with Crippen molar-refractivity contribution in [1.82, 2.24) is 10.6 Å². The van der Waals surface area contributed by atoms with Gasteiger partial charge in [0.25, 0.3) is 17.5 Å².